The van der Waals surface area contributed by atoms with Crippen molar-refractivity contribution in [1.29, 1.82) is 0 Å². The van der Waals surface area contributed by atoms with Crippen molar-refractivity contribution in [2.45, 2.75) is 12.5 Å². The maximum absolute atomic E-state index is 10.4. The molecule has 1 aromatic rings. The monoisotopic (exact) mass is 238 g/mol. The molecule has 2 atom stereocenters. The molecule has 2 unspecified atom stereocenters. The van der Waals surface area contributed by atoms with Crippen molar-refractivity contribution in [2.24, 2.45) is 5.92 Å². The molecule has 0 bridgehead atoms. The molecule has 1 aliphatic heterocycles. The van der Waals surface area contributed by atoms with Gasteiger partial charge in [-0.3, -0.25) is 0 Å². The molecule has 2 rings (SSSR count). The summed E-state index contributed by atoms with van der Waals surface area (Å²) in [4.78, 5) is 0. The minimum atomic E-state index is -0.608. The van der Waals surface area contributed by atoms with Crippen LogP contribution in [0.3, 0.4) is 0 Å². The van der Waals surface area contributed by atoms with Gasteiger partial charge in [0.05, 0.1) is 32.5 Å². The fourth-order valence-electron chi connectivity index (χ4n) is 2.21. The molecule has 1 N–H and O–H groups in total. The van der Waals surface area contributed by atoms with Gasteiger partial charge in [0.25, 0.3) is 0 Å². The topological polar surface area (TPSA) is 47.9 Å². The largest absolute Gasteiger partial charge is 0.496 e. The van der Waals surface area contributed by atoms with E-state index in [1.54, 1.807) is 14.2 Å². The highest BCUT2D eigenvalue weighted by molar-refractivity contribution is 5.46. The zero-order valence-corrected chi connectivity index (χ0v) is 10.2. The summed E-state index contributed by atoms with van der Waals surface area (Å²) in [6.45, 7) is 1.29. The molecule has 0 spiro atoms. The third-order valence-corrected chi connectivity index (χ3v) is 3.17. The minimum absolute atomic E-state index is 0.111. The molecule has 4 heteroatoms. The van der Waals surface area contributed by atoms with Crippen LogP contribution in [-0.2, 0) is 4.74 Å². The maximum atomic E-state index is 10.4. The van der Waals surface area contributed by atoms with Crippen molar-refractivity contribution >= 4 is 0 Å². The molecule has 1 fully saturated rings. The van der Waals surface area contributed by atoms with Crippen molar-refractivity contribution in [3.05, 3.63) is 23.8 Å². The normalized spacial score (nSPS) is 21.2. The number of ether oxygens (including phenoxy) is 3. The quantitative estimate of drug-likeness (QED) is 0.868. The standard InChI is InChI=1S/C13H18O4/c1-15-10-4-3-5-11(16-2)12(10)13(14)9-6-7-17-8-9/h3-5,9,13-14H,6-8H2,1-2H3. The van der Waals surface area contributed by atoms with E-state index in [1.807, 2.05) is 18.2 Å². The van der Waals surface area contributed by atoms with E-state index >= 15 is 0 Å². The maximum Gasteiger partial charge on any atom is 0.128 e. The highest BCUT2D eigenvalue weighted by atomic mass is 16.5. The molecule has 4 nitrogen and oxygen atoms in total. The lowest BCUT2D eigenvalue weighted by Crippen LogP contribution is -2.14. The summed E-state index contributed by atoms with van der Waals surface area (Å²) in [6, 6.07) is 5.51. The second kappa shape index (κ2) is 5.38. The number of aliphatic hydroxyl groups excluding tert-OH is 1. The third-order valence-electron chi connectivity index (χ3n) is 3.17. The fraction of sp³-hybridized carbons (Fsp3) is 0.538. The zero-order valence-electron chi connectivity index (χ0n) is 10.2. The van der Waals surface area contributed by atoms with E-state index in [4.69, 9.17) is 14.2 Å². The Labute approximate surface area is 101 Å². The Hall–Kier alpha value is -1.26. The van der Waals surface area contributed by atoms with Crippen LogP contribution in [0.1, 0.15) is 18.1 Å². The number of methoxy groups -OCH3 is 2. The summed E-state index contributed by atoms with van der Waals surface area (Å²) >= 11 is 0. The second-order valence-electron chi connectivity index (χ2n) is 4.14. The van der Waals surface area contributed by atoms with Gasteiger partial charge in [-0.15, -0.1) is 0 Å². The smallest absolute Gasteiger partial charge is 0.128 e. The zero-order chi connectivity index (χ0) is 12.3. The predicted molar refractivity (Wildman–Crippen MR) is 63.4 cm³/mol. The molecule has 1 aromatic carbocycles. The predicted octanol–water partition coefficient (Wildman–Crippen LogP) is 1.77. The van der Waals surface area contributed by atoms with Gasteiger partial charge in [0, 0.05) is 12.5 Å². The van der Waals surface area contributed by atoms with Gasteiger partial charge >= 0.3 is 0 Å². The average Bonchev–Trinajstić information content (AvgIpc) is 2.90. The van der Waals surface area contributed by atoms with E-state index in [9.17, 15) is 5.11 Å². The Balaban J connectivity index is 2.33. The van der Waals surface area contributed by atoms with Crippen molar-refractivity contribution in [1.82, 2.24) is 0 Å². The number of aliphatic hydroxyl groups is 1. The fourth-order valence-corrected chi connectivity index (χ4v) is 2.21. The molecule has 0 radical (unpaired) electrons. The van der Waals surface area contributed by atoms with E-state index < -0.39 is 6.10 Å². The van der Waals surface area contributed by atoms with Gasteiger partial charge in [0.1, 0.15) is 11.5 Å². The summed E-state index contributed by atoms with van der Waals surface area (Å²) < 4.78 is 15.9. The summed E-state index contributed by atoms with van der Waals surface area (Å²) in [6.07, 6.45) is 0.256. The Morgan fingerprint density at radius 3 is 2.41 bits per heavy atom. The number of hydrogen-bond donors (Lipinski definition) is 1. The average molecular weight is 238 g/mol. The first-order valence-corrected chi connectivity index (χ1v) is 5.74. The van der Waals surface area contributed by atoms with Gasteiger partial charge in [-0.2, -0.15) is 0 Å². The van der Waals surface area contributed by atoms with Crippen LogP contribution in [-0.4, -0.2) is 32.5 Å². The van der Waals surface area contributed by atoms with Crippen molar-refractivity contribution in [3.8, 4) is 11.5 Å². The SMILES string of the molecule is COc1cccc(OC)c1C(O)C1CCOC1. The summed E-state index contributed by atoms with van der Waals surface area (Å²) in [5.74, 6) is 1.42. The van der Waals surface area contributed by atoms with Gasteiger partial charge in [-0.05, 0) is 18.6 Å². The van der Waals surface area contributed by atoms with Crippen LogP contribution in [0.15, 0.2) is 18.2 Å². The van der Waals surface area contributed by atoms with Gasteiger partial charge < -0.3 is 19.3 Å². The lowest BCUT2D eigenvalue weighted by atomic mass is 9.94. The van der Waals surface area contributed by atoms with Crippen molar-refractivity contribution < 1.29 is 19.3 Å². The van der Waals surface area contributed by atoms with E-state index in [0.29, 0.717) is 30.3 Å². The molecule has 0 aromatic heterocycles. The Morgan fingerprint density at radius 2 is 1.94 bits per heavy atom. The van der Waals surface area contributed by atoms with Gasteiger partial charge in [-0.1, -0.05) is 6.07 Å². The number of benzene rings is 1. The number of rotatable bonds is 4. The Kier molecular flexibility index (Phi) is 3.86. The minimum Gasteiger partial charge on any atom is -0.496 e. The van der Waals surface area contributed by atoms with Crippen LogP contribution in [0.4, 0.5) is 0 Å². The van der Waals surface area contributed by atoms with E-state index in [2.05, 4.69) is 0 Å². The van der Waals surface area contributed by atoms with E-state index in [0.717, 1.165) is 6.42 Å². The Bertz CT molecular complexity index is 349. The molecule has 1 aliphatic rings. The lowest BCUT2D eigenvalue weighted by molar-refractivity contribution is 0.0874. The second-order valence-corrected chi connectivity index (χ2v) is 4.14. The van der Waals surface area contributed by atoms with Crippen LogP contribution < -0.4 is 9.47 Å². The Morgan fingerprint density at radius 1 is 1.29 bits per heavy atom. The third kappa shape index (κ3) is 2.37. The summed E-state index contributed by atoms with van der Waals surface area (Å²) in [5.41, 5.74) is 0.716. The first-order chi connectivity index (χ1) is 8.27. The molecule has 94 valence electrons. The van der Waals surface area contributed by atoms with E-state index in [-0.39, 0.29) is 5.92 Å². The van der Waals surface area contributed by atoms with Gasteiger partial charge in [0.2, 0.25) is 0 Å². The van der Waals surface area contributed by atoms with Gasteiger partial charge in [-0.25, -0.2) is 0 Å². The highest BCUT2D eigenvalue weighted by Gasteiger charge is 2.29. The van der Waals surface area contributed by atoms with Crippen LogP contribution in [0, 0.1) is 5.92 Å². The molecule has 1 heterocycles. The summed E-state index contributed by atoms with van der Waals surface area (Å²) in [5, 5.41) is 10.4. The van der Waals surface area contributed by atoms with Crippen molar-refractivity contribution in [2.75, 3.05) is 27.4 Å². The molecular formula is C13H18O4. The first-order valence-electron chi connectivity index (χ1n) is 5.74. The first kappa shape index (κ1) is 12.2. The van der Waals surface area contributed by atoms with Crippen LogP contribution in [0.2, 0.25) is 0 Å². The van der Waals surface area contributed by atoms with Gasteiger partial charge in [0.15, 0.2) is 0 Å². The number of hydrogen-bond acceptors (Lipinski definition) is 4. The molecule has 17 heavy (non-hydrogen) atoms. The molecule has 0 aliphatic carbocycles. The molecule has 1 saturated heterocycles. The van der Waals surface area contributed by atoms with Crippen LogP contribution in [0.5, 0.6) is 11.5 Å². The van der Waals surface area contributed by atoms with Crippen LogP contribution >= 0.6 is 0 Å². The summed E-state index contributed by atoms with van der Waals surface area (Å²) in [7, 11) is 3.19. The van der Waals surface area contributed by atoms with E-state index in [1.165, 1.54) is 0 Å². The molecule has 0 amide bonds. The van der Waals surface area contributed by atoms with Crippen molar-refractivity contribution in [3.63, 3.8) is 0 Å². The molecule has 0 saturated carbocycles. The highest BCUT2D eigenvalue weighted by Crippen LogP contribution is 2.39. The molecular weight excluding hydrogens is 220 g/mol. The van der Waals surface area contributed by atoms with Crippen LogP contribution in [0.25, 0.3) is 0 Å². The lowest BCUT2D eigenvalue weighted by Gasteiger charge is -2.21.